The first-order chi connectivity index (χ1) is 25.3. The average molecular weight is 768 g/mol. The third-order valence-corrected chi connectivity index (χ3v) is 10.6. The van der Waals surface area contributed by atoms with Gasteiger partial charge in [0.2, 0.25) is 0 Å². The fourth-order valence-electron chi connectivity index (χ4n) is 6.16. The van der Waals surface area contributed by atoms with Crippen molar-refractivity contribution in [2.45, 2.75) is 63.5 Å². The Labute approximate surface area is 315 Å². The highest BCUT2D eigenvalue weighted by atomic mass is 35.5. The molecule has 1 saturated heterocycles. The molecule has 1 aliphatic heterocycles. The number of nitrogens with zero attached hydrogens (tertiary/aromatic N) is 2. The number of aromatic nitrogens is 1. The van der Waals surface area contributed by atoms with Crippen molar-refractivity contribution in [1.82, 2.24) is 15.2 Å². The first-order valence-electron chi connectivity index (χ1n) is 17.3. The summed E-state index contributed by atoms with van der Waals surface area (Å²) in [6.45, 7) is 6.72. The molecular formula is C39H46ClN3O9S. The molecule has 1 unspecified atom stereocenters. The van der Waals surface area contributed by atoms with Crippen molar-refractivity contribution < 1.29 is 42.7 Å². The molecule has 4 aromatic rings. The smallest absolute Gasteiger partial charge is 0.323 e. The van der Waals surface area contributed by atoms with Crippen LogP contribution in [0, 0.1) is 13.8 Å². The first-order valence-corrected chi connectivity index (χ1v) is 19.6. The number of pyridine rings is 1. The van der Waals surface area contributed by atoms with Gasteiger partial charge in [0.15, 0.2) is 9.84 Å². The second-order valence-electron chi connectivity index (χ2n) is 13.2. The van der Waals surface area contributed by atoms with E-state index in [1.807, 2.05) is 31.2 Å². The first kappa shape index (κ1) is 40.0. The number of aliphatic hydroxyl groups is 2. The van der Waals surface area contributed by atoms with Crippen LogP contribution in [0.15, 0.2) is 71.9 Å². The van der Waals surface area contributed by atoms with Crippen molar-refractivity contribution in [1.29, 1.82) is 0 Å². The second-order valence-corrected chi connectivity index (χ2v) is 15.6. The summed E-state index contributed by atoms with van der Waals surface area (Å²) in [7, 11) is -3.49. The van der Waals surface area contributed by atoms with E-state index in [1.165, 1.54) is 18.5 Å². The van der Waals surface area contributed by atoms with Gasteiger partial charge in [-0.3, -0.25) is 15.1 Å². The molecule has 1 aromatic heterocycles. The molecule has 5 rings (SSSR count). The lowest BCUT2D eigenvalue weighted by Gasteiger charge is -2.19. The number of hydrogen-bond acceptors (Lipinski definition) is 11. The molecule has 284 valence electrons. The maximum Gasteiger partial charge on any atom is 0.323 e. The predicted molar refractivity (Wildman–Crippen MR) is 201 cm³/mol. The lowest BCUT2D eigenvalue weighted by atomic mass is 9.93. The second kappa shape index (κ2) is 18.2. The van der Waals surface area contributed by atoms with Crippen molar-refractivity contribution in [2.24, 2.45) is 0 Å². The Balaban J connectivity index is 1.32. The van der Waals surface area contributed by atoms with Gasteiger partial charge in [-0.25, -0.2) is 8.42 Å². The zero-order valence-corrected chi connectivity index (χ0v) is 31.6. The number of sulfone groups is 1. The molecule has 1 aliphatic rings. The summed E-state index contributed by atoms with van der Waals surface area (Å²) in [4.78, 5) is 17.8. The van der Waals surface area contributed by atoms with Gasteiger partial charge >= 0.3 is 5.97 Å². The number of benzene rings is 3. The van der Waals surface area contributed by atoms with Crippen LogP contribution >= 0.6 is 11.6 Å². The van der Waals surface area contributed by atoms with E-state index in [-0.39, 0.29) is 35.8 Å². The minimum absolute atomic E-state index is 0.000347. The third-order valence-electron chi connectivity index (χ3n) is 9.25. The quantitative estimate of drug-likeness (QED) is 0.101. The number of carboxylic acid groups (broad SMARTS) is 1. The molecule has 0 saturated carbocycles. The Hall–Kier alpha value is -4.24. The topological polar surface area (TPSA) is 168 Å². The lowest BCUT2D eigenvalue weighted by molar-refractivity contribution is -0.140. The summed E-state index contributed by atoms with van der Waals surface area (Å²) in [6, 6.07) is 15.5. The fourth-order valence-corrected chi connectivity index (χ4v) is 7.02. The molecule has 12 nitrogen and oxygen atoms in total. The number of aliphatic hydroxyl groups excluding tert-OH is 2. The Kier molecular flexibility index (Phi) is 13.7. The Morgan fingerprint density at radius 1 is 0.981 bits per heavy atom. The van der Waals surface area contributed by atoms with E-state index >= 15 is 0 Å². The van der Waals surface area contributed by atoms with Crippen LogP contribution in [0.3, 0.4) is 0 Å². The molecule has 53 heavy (non-hydrogen) atoms. The van der Waals surface area contributed by atoms with Gasteiger partial charge in [-0.1, -0.05) is 41.9 Å². The molecule has 0 bridgehead atoms. The number of aliphatic carboxylic acids is 1. The summed E-state index contributed by atoms with van der Waals surface area (Å²) in [5.74, 6) is 0.253. The molecule has 2 heterocycles. The molecule has 0 radical (unpaired) electrons. The van der Waals surface area contributed by atoms with Gasteiger partial charge in [0.05, 0.1) is 29.2 Å². The van der Waals surface area contributed by atoms with Crippen molar-refractivity contribution in [3.05, 3.63) is 99.8 Å². The van der Waals surface area contributed by atoms with Gasteiger partial charge in [0, 0.05) is 62.0 Å². The molecule has 14 heteroatoms. The van der Waals surface area contributed by atoms with E-state index < -0.39 is 28.5 Å². The van der Waals surface area contributed by atoms with Crippen molar-refractivity contribution in [3.63, 3.8) is 0 Å². The number of ether oxygens (including phenoxy) is 3. The van der Waals surface area contributed by atoms with Gasteiger partial charge in [0.25, 0.3) is 0 Å². The maximum atomic E-state index is 12.1. The van der Waals surface area contributed by atoms with Crippen molar-refractivity contribution >= 4 is 27.4 Å². The van der Waals surface area contributed by atoms with Crippen molar-refractivity contribution in [3.8, 4) is 28.4 Å². The largest absolute Gasteiger partial charge is 0.493 e. The minimum Gasteiger partial charge on any atom is -0.493 e. The van der Waals surface area contributed by atoms with Crippen molar-refractivity contribution in [2.75, 3.05) is 39.1 Å². The van der Waals surface area contributed by atoms with Crippen LogP contribution in [-0.4, -0.2) is 90.8 Å². The monoisotopic (exact) mass is 767 g/mol. The van der Waals surface area contributed by atoms with Gasteiger partial charge in [0.1, 0.15) is 36.5 Å². The zero-order chi connectivity index (χ0) is 38.1. The molecule has 3 aromatic carbocycles. The standard InChI is InChI=1S/C39H46ClN3O9S/c1-25-28(7-4-8-32(25)33-9-5-10-36(26(33)2)50-14-6-12-43-13-11-30(45)21-43)24-52-38-17-37(29(16-34(38)40)19-42-35(22-44)39(46)47)51-23-27-15-31(20-41-18-27)53(3,48)49/h4-5,7-10,15-18,20,30,35,42,44-45H,6,11-14,19,21-24H2,1-3H3,(H,46,47)/t30-,35?/m1/s1. The molecule has 2 atom stereocenters. The van der Waals surface area contributed by atoms with E-state index in [1.54, 1.807) is 12.1 Å². The van der Waals surface area contributed by atoms with E-state index in [0.717, 1.165) is 72.3 Å². The van der Waals surface area contributed by atoms with Crippen LogP contribution in [0.5, 0.6) is 17.2 Å². The number of halogens is 1. The minimum atomic E-state index is -3.49. The van der Waals surface area contributed by atoms with Crippen LogP contribution < -0.4 is 19.5 Å². The molecule has 1 fully saturated rings. The zero-order valence-electron chi connectivity index (χ0n) is 30.0. The highest BCUT2D eigenvalue weighted by molar-refractivity contribution is 7.90. The highest BCUT2D eigenvalue weighted by Crippen LogP contribution is 2.36. The number of carbonyl (C=O) groups is 1. The maximum absolute atomic E-state index is 12.1. The highest BCUT2D eigenvalue weighted by Gasteiger charge is 2.21. The van der Waals surface area contributed by atoms with Crippen LogP contribution in [-0.2, 0) is 34.4 Å². The van der Waals surface area contributed by atoms with Crippen LogP contribution in [0.4, 0.5) is 0 Å². The van der Waals surface area contributed by atoms with Gasteiger partial charge < -0.3 is 34.4 Å². The molecule has 0 aliphatic carbocycles. The third kappa shape index (κ3) is 10.7. The summed E-state index contributed by atoms with van der Waals surface area (Å²) in [6.07, 6.45) is 5.31. The summed E-state index contributed by atoms with van der Waals surface area (Å²) < 4.78 is 42.7. The Bertz CT molecular complexity index is 2010. The summed E-state index contributed by atoms with van der Waals surface area (Å²) >= 11 is 6.69. The van der Waals surface area contributed by atoms with E-state index in [9.17, 15) is 28.5 Å². The van der Waals surface area contributed by atoms with Gasteiger partial charge in [-0.15, -0.1) is 0 Å². The number of nitrogens with one attached hydrogen (secondary N) is 1. The number of rotatable bonds is 18. The molecular weight excluding hydrogens is 722 g/mol. The van der Waals surface area contributed by atoms with Crippen LogP contribution in [0.25, 0.3) is 11.1 Å². The number of carboxylic acids is 1. The average Bonchev–Trinajstić information content (AvgIpc) is 3.55. The number of likely N-dealkylation sites (tertiary alicyclic amines) is 1. The van der Waals surface area contributed by atoms with E-state index in [4.69, 9.17) is 25.8 Å². The predicted octanol–water partition coefficient (Wildman–Crippen LogP) is 4.95. The SMILES string of the molecule is Cc1c(COc2cc(OCc3cncc(S(C)(=O)=O)c3)c(CNC(CO)C(=O)O)cc2Cl)cccc1-c1cccc(OCCCN2CC[C@@H](O)C2)c1C. The Morgan fingerprint density at radius 3 is 2.42 bits per heavy atom. The van der Waals surface area contributed by atoms with E-state index in [2.05, 4.69) is 34.3 Å². The normalized spacial score (nSPS) is 15.3. The lowest BCUT2D eigenvalue weighted by Crippen LogP contribution is -2.39. The summed E-state index contributed by atoms with van der Waals surface area (Å²) in [5.41, 5.74) is 6.08. The molecule has 0 spiro atoms. The van der Waals surface area contributed by atoms with Gasteiger partial charge in [-0.2, -0.15) is 0 Å². The Morgan fingerprint density at radius 2 is 1.72 bits per heavy atom. The molecule has 0 amide bonds. The number of β-amino-alcohol motifs (C(OH)–C–C–N with tert-alkyl or cyclic N) is 1. The van der Waals surface area contributed by atoms with E-state index in [0.29, 0.717) is 29.2 Å². The van der Waals surface area contributed by atoms with Crippen LogP contribution in [0.2, 0.25) is 5.02 Å². The fraction of sp³-hybridized carbons (Fsp3) is 0.385. The van der Waals surface area contributed by atoms with Crippen LogP contribution in [0.1, 0.15) is 40.7 Å². The summed E-state index contributed by atoms with van der Waals surface area (Å²) in [5, 5.41) is 31.7. The van der Waals surface area contributed by atoms with Gasteiger partial charge in [-0.05, 0) is 72.7 Å². The molecule has 4 N–H and O–H groups in total. The number of hydrogen-bond donors (Lipinski definition) is 4.